The number of rotatable bonds is 5. The number of hydrogen-bond acceptors (Lipinski definition) is 1. The molecule has 0 bridgehead atoms. The summed E-state index contributed by atoms with van der Waals surface area (Å²) in [5, 5.41) is 0. The zero-order chi connectivity index (χ0) is 17.8. The SMILES string of the molecule is Cl.Cl.[Ti][O]C(c1ccccc1)(c1ccccc1)c1ccccc1C1=CC=CC1. The molecular weight excluding hydrogens is 423 g/mol. The van der Waals surface area contributed by atoms with Gasteiger partial charge in [0.2, 0.25) is 0 Å². The van der Waals surface area contributed by atoms with Gasteiger partial charge in [-0.15, -0.1) is 24.8 Å². The Morgan fingerprint density at radius 3 is 1.75 bits per heavy atom. The second-order valence-corrected chi connectivity index (χ2v) is 6.70. The summed E-state index contributed by atoms with van der Waals surface area (Å²) >= 11 is 1.80. The Kier molecular flexibility index (Phi) is 8.30. The predicted molar refractivity (Wildman–Crippen MR) is 117 cm³/mol. The van der Waals surface area contributed by atoms with Crippen molar-refractivity contribution in [1.29, 1.82) is 0 Å². The average molecular weight is 444 g/mol. The first-order valence-electron chi connectivity index (χ1n) is 8.77. The molecule has 1 aliphatic carbocycles. The molecule has 3 aromatic carbocycles. The standard InChI is InChI=1S/C24H19O.2ClH.Ti/c25-24(20-13-3-1-4-14-20,21-15-5-2-6-16-21)23-18-10-9-17-22(23)19-11-7-8-12-19;;;/h1-11,13-18H,12H2;2*1H;/q-1;;;+1. The fourth-order valence-electron chi connectivity index (χ4n) is 3.71. The number of allylic oxidation sites excluding steroid dienone is 4. The van der Waals surface area contributed by atoms with Crippen LogP contribution in [0.2, 0.25) is 0 Å². The summed E-state index contributed by atoms with van der Waals surface area (Å²) in [4.78, 5) is 0. The van der Waals surface area contributed by atoms with Crippen LogP contribution in [0.5, 0.6) is 0 Å². The quantitative estimate of drug-likeness (QED) is 0.317. The summed E-state index contributed by atoms with van der Waals surface area (Å²) in [6.45, 7) is 0. The second-order valence-electron chi connectivity index (χ2n) is 6.39. The zero-order valence-corrected chi connectivity index (χ0v) is 18.4. The maximum absolute atomic E-state index is 6.35. The molecule has 4 heteroatoms. The number of hydrogen-bond donors (Lipinski definition) is 0. The van der Waals surface area contributed by atoms with E-state index in [-0.39, 0.29) is 24.8 Å². The van der Waals surface area contributed by atoms with Gasteiger partial charge in [-0.25, -0.2) is 0 Å². The molecule has 0 aromatic heterocycles. The van der Waals surface area contributed by atoms with E-state index in [0.29, 0.717) is 0 Å². The van der Waals surface area contributed by atoms with Gasteiger partial charge in [0.15, 0.2) is 0 Å². The van der Waals surface area contributed by atoms with Crippen LogP contribution in [-0.2, 0) is 29.7 Å². The van der Waals surface area contributed by atoms with E-state index in [0.717, 1.165) is 17.5 Å². The van der Waals surface area contributed by atoms with E-state index in [1.165, 1.54) is 16.7 Å². The normalized spacial score (nSPS) is 12.6. The maximum atomic E-state index is 6.35. The third-order valence-electron chi connectivity index (χ3n) is 4.94. The molecule has 4 rings (SSSR count). The predicted octanol–water partition coefficient (Wildman–Crippen LogP) is 6.64. The van der Waals surface area contributed by atoms with Crippen molar-refractivity contribution in [3.8, 4) is 0 Å². The third-order valence-corrected chi connectivity index (χ3v) is 5.42. The molecule has 1 aliphatic rings. The van der Waals surface area contributed by atoms with Crippen LogP contribution in [0.25, 0.3) is 5.57 Å². The molecule has 0 N–H and O–H groups in total. The first kappa shape index (κ1) is 22.7. The van der Waals surface area contributed by atoms with Crippen molar-refractivity contribution in [3.05, 3.63) is 125 Å². The van der Waals surface area contributed by atoms with Crippen molar-refractivity contribution in [2.24, 2.45) is 0 Å². The molecule has 0 atom stereocenters. The molecule has 0 saturated heterocycles. The first-order valence-corrected chi connectivity index (χ1v) is 9.41. The minimum atomic E-state index is -0.650. The Hall–Kier alpha value is -1.61. The van der Waals surface area contributed by atoms with Crippen LogP contribution in [0, 0.1) is 0 Å². The van der Waals surface area contributed by atoms with Gasteiger partial charge in [-0.2, -0.15) is 0 Å². The summed E-state index contributed by atoms with van der Waals surface area (Å²) in [5.41, 5.74) is 5.36. The summed E-state index contributed by atoms with van der Waals surface area (Å²) in [6, 6.07) is 29.6. The Bertz CT molecular complexity index is 913. The monoisotopic (exact) mass is 443 g/mol. The van der Waals surface area contributed by atoms with Crippen molar-refractivity contribution in [1.82, 2.24) is 0 Å². The van der Waals surface area contributed by atoms with Crippen LogP contribution in [0.4, 0.5) is 0 Å². The molecule has 1 nitrogen and oxygen atoms in total. The van der Waals surface area contributed by atoms with Gasteiger partial charge in [0.25, 0.3) is 0 Å². The summed E-state index contributed by atoms with van der Waals surface area (Å²) in [6.07, 6.45) is 7.49. The topological polar surface area (TPSA) is 9.23 Å². The Labute approximate surface area is 191 Å². The van der Waals surface area contributed by atoms with E-state index in [1.54, 1.807) is 20.8 Å². The fourth-order valence-corrected chi connectivity index (χ4v) is 4.25. The minimum absolute atomic E-state index is 0. The van der Waals surface area contributed by atoms with Gasteiger partial charge in [0, 0.05) is 0 Å². The van der Waals surface area contributed by atoms with Crippen LogP contribution in [0.1, 0.15) is 28.7 Å². The van der Waals surface area contributed by atoms with Crippen LogP contribution < -0.4 is 0 Å². The summed E-state index contributed by atoms with van der Waals surface area (Å²) < 4.78 is 6.35. The van der Waals surface area contributed by atoms with Crippen molar-refractivity contribution in [2.75, 3.05) is 0 Å². The van der Waals surface area contributed by atoms with Gasteiger partial charge in [-0.1, -0.05) is 0 Å². The Morgan fingerprint density at radius 2 is 1.25 bits per heavy atom. The molecule has 3 aromatic rings. The van der Waals surface area contributed by atoms with Crippen LogP contribution in [0.15, 0.2) is 103 Å². The summed E-state index contributed by atoms with van der Waals surface area (Å²) in [7, 11) is 0. The molecule has 0 unspecified atom stereocenters. The molecule has 0 radical (unpaired) electrons. The van der Waals surface area contributed by atoms with Crippen LogP contribution in [0.3, 0.4) is 0 Å². The Morgan fingerprint density at radius 1 is 0.714 bits per heavy atom. The number of halogens is 2. The molecule has 0 amide bonds. The molecule has 0 aliphatic heterocycles. The first-order chi connectivity index (χ1) is 12.9. The molecule has 0 spiro atoms. The van der Waals surface area contributed by atoms with Gasteiger partial charge in [-0.05, 0) is 0 Å². The zero-order valence-electron chi connectivity index (χ0n) is 15.2. The van der Waals surface area contributed by atoms with E-state index in [1.807, 2.05) is 12.1 Å². The van der Waals surface area contributed by atoms with E-state index in [2.05, 4.69) is 91.0 Å². The van der Waals surface area contributed by atoms with Gasteiger partial charge in [0.05, 0.1) is 0 Å². The van der Waals surface area contributed by atoms with Crippen molar-refractivity contribution < 1.29 is 24.1 Å². The van der Waals surface area contributed by atoms with E-state index < -0.39 is 5.60 Å². The Balaban J connectivity index is 0.00000140. The molecule has 141 valence electrons. The van der Waals surface area contributed by atoms with E-state index >= 15 is 0 Å². The van der Waals surface area contributed by atoms with E-state index in [4.69, 9.17) is 3.32 Å². The average Bonchev–Trinajstić information content (AvgIpc) is 3.26. The van der Waals surface area contributed by atoms with Gasteiger partial charge in [0.1, 0.15) is 0 Å². The second kappa shape index (κ2) is 10.3. The van der Waals surface area contributed by atoms with Gasteiger partial charge in [-0.3, -0.25) is 0 Å². The number of benzene rings is 3. The summed E-state index contributed by atoms with van der Waals surface area (Å²) in [5.74, 6) is 0. The van der Waals surface area contributed by atoms with Crippen molar-refractivity contribution in [2.45, 2.75) is 12.0 Å². The van der Waals surface area contributed by atoms with Gasteiger partial charge < -0.3 is 0 Å². The van der Waals surface area contributed by atoms with Crippen LogP contribution in [-0.4, -0.2) is 0 Å². The molecule has 0 saturated carbocycles. The van der Waals surface area contributed by atoms with E-state index in [9.17, 15) is 0 Å². The molecule has 0 fully saturated rings. The molecule has 0 heterocycles. The molecule has 28 heavy (non-hydrogen) atoms. The van der Waals surface area contributed by atoms with Crippen molar-refractivity contribution >= 4 is 30.4 Å². The van der Waals surface area contributed by atoms with Crippen molar-refractivity contribution in [3.63, 3.8) is 0 Å². The molecular formula is C24H21Cl2OTi. The van der Waals surface area contributed by atoms with Gasteiger partial charge >= 0.3 is 167 Å². The van der Waals surface area contributed by atoms with Crippen LogP contribution >= 0.6 is 24.8 Å². The fraction of sp³-hybridized carbons (Fsp3) is 0.0833. The third kappa shape index (κ3) is 4.05.